The van der Waals surface area contributed by atoms with E-state index in [1.54, 1.807) is 19.9 Å². The number of ether oxygens (including phenoxy) is 2. The molecule has 2 atom stereocenters. The Hall–Kier alpha value is -1.13. The standard InChI is InChI=1S/C14H16ClFO3/c1-4-14(12(17)18-5-2)13(3,19-14)10-7-6-9(16)8-11(10)15/h6-8H,4-5H2,1-3H3. The van der Waals surface area contributed by atoms with E-state index in [1.165, 1.54) is 12.1 Å². The van der Waals surface area contributed by atoms with Crippen LogP contribution in [0.5, 0.6) is 0 Å². The molecule has 1 heterocycles. The van der Waals surface area contributed by atoms with Crippen molar-refractivity contribution in [3.63, 3.8) is 0 Å². The number of carbonyl (C=O) groups excluding carboxylic acids is 1. The van der Waals surface area contributed by atoms with Gasteiger partial charge in [0, 0.05) is 10.6 Å². The Bertz CT molecular complexity index is 519. The summed E-state index contributed by atoms with van der Waals surface area (Å²) in [6, 6.07) is 4.07. The number of esters is 1. The summed E-state index contributed by atoms with van der Waals surface area (Å²) < 4.78 is 23.8. The molecule has 1 fully saturated rings. The lowest BCUT2D eigenvalue weighted by Crippen LogP contribution is -2.33. The van der Waals surface area contributed by atoms with Crippen LogP contribution in [0.15, 0.2) is 18.2 Å². The zero-order chi connectivity index (χ0) is 14.3. The first-order valence-electron chi connectivity index (χ1n) is 6.24. The van der Waals surface area contributed by atoms with Crippen molar-refractivity contribution in [2.75, 3.05) is 6.61 Å². The summed E-state index contributed by atoms with van der Waals surface area (Å²) in [6.45, 7) is 5.65. The summed E-state index contributed by atoms with van der Waals surface area (Å²) in [7, 11) is 0. The van der Waals surface area contributed by atoms with Crippen LogP contribution in [0, 0.1) is 5.82 Å². The molecule has 1 saturated heterocycles. The SMILES string of the molecule is CCOC(=O)C1(CC)OC1(C)c1ccc(F)cc1Cl. The van der Waals surface area contributed by atoms with Crippen molar-refractivity contribution in [1.82, 2.24) is 0 Å². The lowest BCUT2D eigenvalue weighted by atomic mass is 9.86. The number of rotatable bonds is 4. The number of carbonyl (C=O) groups is 1. The van der Waals surface area contributed by atoms with Crippen LogP contribution in [-0.4, -0.2) is 18.2 Å². The fourth-order valence-corrected chi connectivity index (χ4v) is 2.86. The maximum Gasteiger partial charge on any atom is 0.341 e. The van der Waals surface area contributed by atoms with Gasteiger partial charge in [-0.3, -0.25) is 0 Å². The minimum absolute atomic E-state index is 0.252. The Kier molecular flexibility index (Phi) is 3.58. The van der Waals surface area contributed by atoms with Gasteiger partial charge in [-0.2, -0.15) is 0 Å². The average molecular weight is 287 g/mol. The molecule has 19 heavy (non-hydrogen) atoms. The molecule has 0 saturated carbocycles. The van der Waals surface area contributed by atoms with Gasteiger partial charge >= 0.3 is 5.97 Å². The Balaban J connectivity index is 2.37. The molecule has 0 aromatic heterocycles. The second-order valence-electron chi connectivity index (χ2n) is 4.66. The average Bonchev–Trinajstić information content (AvgIpc) is 2.97. The number of halogens is 2. The highest BCUT2D eigenvalue weighted by atomic mass is 35.5. The van der Waals surface area contributed by atoms with Gasteiger partial charge in [-0.15, -0.1) is 0 Å². The summed E-state index contributed by atoms with van der Waals surface area (Å²) in [5.74, 6) is -0.823. The largest absolute Gasteiger partial charge is 0.464 e. The van der Waals surface area contributed by atoms with E-state index in [4.69, 9.17) is 21.1 Å². The summed E-state index contributed by atoms with van der Waals surface area (Å²) in [6.07, 6.45) is 0.468. The highest BCUT2D eigenvalue weighted by Crippen LogP contribution is 2.59. The molecule has 0 spiro atoms. The van der Waals surface area contributed by atoms with Gasteiger partial charge in [0.1, 0.15) is 11.4 Å². The first kappa shape index (κ1) is 14.3. The third-order valence-corrected chi connectivity index (χ3v) is 3.97. The summed E-state index contributed by atoms with van der Waals surface area (Å²) in [5.41, 5.74) is -1.28. The van der Waals surface area contributed by atoms with E-state index in [0.717, 1.165) is 0 Å². The third kappa shape index (κ3) is 2.03. The zero-order valence-corrected chi connectivity index (χ0v) is 11.9. The minimum Gasteiger partial charge on any atom is -0.464 e. The van der Waals surface area contributed by atoms with Gasteiger partial charge in [-0.05, 0) is 32.4 Å². The van der Waals surface area contributed by atoms with Crippen molar-refractivity contribution in [1.29, 1.82) is 0 Å². The number of hydrogen-bond acceptors (Lipinski definition) is 3. The predicted molar refractivity (Wildman–Crippen MR) is 69.5 cm³/mol. The third-order valence-electron chi connectivity index (χ3n) is 3.66. The smallest absolute Gasteiger partial charge is 0.341 e. The first-order valence-corrected chi connectivity index (χ1v) is 6.62. The van der Waals surface area contributed by atoms with Crippen LogP contribution in [0.3, 0.4) is 0 Å². The number of benzene rings is 1. The Morgan fingerprint density at radius 3 is 2.68 bits per heavy atom. The van der Waals surface area contributed by atoms with Gasteiger partial charge in [0.05, 0.1) is 6.61 Å². The molecule has 1 aromatic rings. The number of hydrogen-bond donors (Lipinski definition) is 0. The lowest BCUT2D eigenvalue weighted by Gasteiger charge is -2.15. The highest BCUT2D eigenvalue weighted by molar-refractivity contribution is 6.31. The van der Waals surface area contributed by atoms with Gasteiger partial charge in [-0.1, -0.05) is 24.6 Å². The summed E-state index contributed by atoms with van der Waals surface area (Å²) >= 11 is 6.05. The monoisotopic (exact) mass is 286 g/mol. The van der Waals surface area contributed by atoms with Crippen molar-refractivity contribution in [3.05, 3.63) is 34.6 Å². The van der Waals surface area contributed by atoms with Crippen LogP contribution in [0.1, 0.15) is 32.8 Å². The Morgan fingerprint density at radius 1 is 1.47 bits per heavy atom. The van der Waals surface area contributed by atoms with Gasteiger partial charge in [0.2, 0.25) is 0 Å². The molecular formula is C14H16ClFO3. The molecule has 1 aromatic carbocycles. The molecule has 0 amide bonds. The van der Waals surface area contributed by atoms with Gasteiger partial charge in [-0.25, -0.2) is 9.18 Å². The molecule has 0 bridgehead atoms. The molecule has 104 valence electrons. The van der Waals surface area contributed by atoms with Crippen LogP contribution in [0.2, 0.25) is 5.02 Å². The van der Waals surface area contributed by atoms with Gasteiger partial charge < -0.3 is 9.47 Å². The van der Waals surface area contributed by atoms with Crippen LogP contribution in [0.25, 0.3) is 0 Å². The predicted octanol–water partition coefficient (Wildman–Crippen LogP) is 3.44. The highest BCUT2D eigenvalue weighted by Gasteiger charge is 2.73. The van der Waals surface area contributed by atoms with Crippen LogP contribution in [0.4, 0.5) is 4.39 Å². The lowest BCUT2D eigenvalue weighted by molar-refractivity contribution is -0.149. The second kappa shape index (κ2) is 4.76. The molecule has 1 aliphatic heterocycles. The van der Waals surface area contributed by atoms with E-state index in [1.807, 2.05) is 6.92 Å². The Labute approximate surface area is 116 Å². The zero-order valence-electron chi connectivity index (χ0n) is 11.1. The van der Waals surface area contributed by atoms with E-state index in [2.05, 4.69) is 0 Å². The van der Waals surface area contributed by atoms with E-state index in [-0.39, 0.29) is 11.6 Å². The fraction of sp³-hybridized carbons (Fsp3) is 0.500. The van der Waals surface area contributed by atoms with E-state index in [9.17, 15) is 9.18 Å². The fourth-order valence-electron chi connectivity index (χ4n) is 2.51. The molecule has 3 nitrogen and oxygen atoms in total. The second-order valence-corrected chi connectivity index (χ2v) is 5.07. The maximum absolute atomic E-state index is 13.1. The van der Waals surface area contributed by atoms with Crippen LogP contribution >= 0.6 is 11.6 Å². The Morgan fingerprint density at radius 2 is 2.16 bits per heavy atom. The summed E-state index contributed by atoms with van der Waals surface area (Å²) in [5, 5.41) is 0.252. The maximum atomic E-state index is 13.1. The molecule has 1 aliphatic rings. The quantitative estimate of drug-likeness (QED) is 0.629. The molecule has 0 N–H and O–H groups in total. The van der Waals surface area contributed by atoms with Crippen molar-refractivity contribution in [3.8, 4) is 0 Å². The topological polar surface area (TPSA) is 38.8 Å². The van der Waals surface area contributed by atoms with E-state index >= 15 is 0 Å². The normalized spacial score (nSPS) is 29.1. The van der Waals surface area contributed by atoms with Gasteiger partial charge in [0.25, 0.3) is 0 Å². The molecule has 0 aliphatic carbocycles. The van der Waals surface area contributed by atoms with Crippen LogP contribution in [-0.2, 0) is 19.9 Å². The minimum atomic E-state index is -1.02. The molecule has 2 unspecified atom stereocenters. The van der Waals surface area contributed by atoms with Crippen molar-refractivity contribution in [2.45, 2.75) is 38.4 Å². The van der Waals surface area contributed by atoms with Gasteiger partial charge in [0.15, 0.2) is 5.60 Å². The molecule has 5 heteroatoms. The first-order chi connectivity index (χ1) is 8.91. The molecule has 0 radical (unpaired) electrons. The van der Waals surface area contributed by atoms with Crippen molar-refractivity contribution >= 4 is 17.6 Å². The van der Waals surface area contributed by atoms with E-state index < -0.39 is 23.0 Å². The van der Waals surface area contributed by atoms with Crippen molar-refractivity contribution in [2.24, 2.45) is 0 Å². The number of epoxide rings is 1. The summed E-state index contributed by atoms with van der Waals surface area (Å²) in [4.78, 5) is 12.1. The molecular weight excluding hydrogens is 271 g/mol. The van der Waals surface area contributed by atoms with Crippen LogP contribution < -0.4 is 0 Å². The van der Waals surface area contributed by atoms with E-state index in [0.29, 0.717) is 12.0 Å². The van der Waals surface area contributed by atoms with Crippen molar-refractivity contribution < 1.29 is 18.7 Å². The molecule has 2 rings (SSSR count).